The van der Waals surface area contributed by atoms with Crippen LogP contribution in [0.5, 0.6) is 0 Å². The normalized spacial score (nSPS) is 13.3. The summed E-state index contributed by atoms with van der Waals surface area (Å²) >= 11 is 0. The number of benzene rings is 1. The van der Waals surface area contributed by atoms with Gasteiger partial charge in [-0.1, -0.05) is 32.9 Å². The van der Waals surface area contributed by atoms with E-state index in [1.54, 1.807) is 6.26 Å². The molecule has 0 fully saturated rings. The van der Waals surface area contributed by atoms with Crippen molar-refractivity contribution in [1.29, 1.82) is 0 Å². The molecule has 0 saturated carbocycles. The van der Waals surface area contributed by atoms with Crippen molar-refractivity contribution in [2.45, 2.75) is 39.2 Å². The van der Waals surface area contributed by atoms with Crippen molar-refractivity contribution >= 4 is 5.69 Å². The molecule has 0 amide bonds. The van der Waals surface area contributed by atoms with E-state index in [0.717, 1.165) is 11.4 Å². The summed E-state index contributed by atoms with van der Waals surface area (Å²) in [5, 5.41) is 3.43. The summed E-state index contributed by atoms with van der Waals surface area (Å²) < 4.78 is 5.38. The van der Waals surface area contributed by atoms with Crippen LogP contribution in [0.15, 0.2) is 47.1 Å². The quantitative estimate of drug-likeness (QED) is 0.841. The maximum atomic E-state index is 5.38. The van der Waals surface area contributed by atoms with Crippen molar-refractivity contribution in [2.24, 2.45) is 0 Å². The van der Waals surface area contributed by atoms with Crippen LogP contribution in [0.3, 0.4) is 0 Å². The van der Waals surface area contributed by atoms with E-state index in [2.05, 4.69) is 57.3 Å². The second-order valence-corrected chi connectivity index (χ2v) is 5.71. The minimum Gasteiger partial charge on any atom is -0.467 e. The molecule has 18 heavy (non-hydrogen) atoms. The van der Waals surface area contributed by atoms with Gasteiger partial charge in [0.25, 0.3) is 0 Å². The molecule has 1 heterocycles. The van der Waals surface area contributed by atoms with Crippen molar-refractivity contribution < 1.29 is 4.42 Å². The summed E-state index contributed by atoms with van der Waals surface area (Å²) in [7, 11) is 0. The van der Waals surface area contributed by atoms with Crippen LogP contribution in [0.1, 0.15) is 45.1 Å². The monoisotopic (exact) mass is 243 g/mol. The molecule has 96 valence electrons. The van der Waals surface area contributed by atoms with E-state index in [1.165, 1.54) is 5.56 Å². The van der Waals surface area contributed by atoms with Gasteiger partial charge in [0.2, 0.25) is 0 Å². The summed E-state index contributed by atoms with van der Waals surface area (Å²) in [5.41, 5.74) is 2.66. The Morgan fingerprint density at radius 1 is 1.06 bits per heavy atom. The van der Waals surface area contributed by atoms with Crippen LogP contribution >= 0.6 is 0 Å². The molecule has 1 aromatic carbocycles. The van der Waals surface area contributed by atoms with Crippen LogP contribution in [-0.4, -0.2) is 0 Å². The SMILES string of the molecule is CC(Nc1ccc(C(C)(C)C)cc1)c1ccco1. The van der Waals surface area contributed by atoms with Crippen LogP contribution < -0.4 is 5.32 Å². The lowest BCUT2D eigenvalue weighted by molar-refractivity contribution is 0.490. The molecule has 0 aliphatic rings. The van der Waals surface area contributed by atoms with Gasteiger partial charge < -0.3 is 9.73 Å². The third kappa shape index (κ3) is 2.95. The molecule has 0 saturated heterocycles. The van der Waals surface area contributed by atoms with Crippen LogP contribution in [0.2, 0.25) is 0 Å². The van der Waals surface area contributed by atoms with Crippen molar-refractivity contribution in [3.63, 3.8) is 0 Å². The summed E-state index contributed by atoms with van der Waals surface area (Å²) in [5.74, 6) is 0.954. The highest BCUT2D eigenvalue weighted by Gasteiger charge is 2.13. The standard InChI is InChI=1S/C16H21NO/c1-12(15-6-5-11-18-15)17-14-9-7-13(8-10-14)16(2,3)4/h5-12,17H,1-4H3. The topological polar surface area (TPSA) is 25.2 Å². The van der Waals surface area contributed by atoms with Crippen molar-refractivity contribution in [1.82, 2.24) is 0 Å². The molecule has 1 aromatic heterocycles. The first-order chi connectivity index (χ1) is 8.47. The van der Waals surface area contributed by atoms with Gasteiger partial charge in [-0.3, -0.25) is 0 Å². The Balaban J connectivity index is 2.07. The van der Waals surface area contributed by atoms with Crippen LogP contribution in [-0.2, 0) is 5.41 Å². The molecule has 2 nitrogen and oxygen atoms in total. The molecule has 1 atom stereocenters. The van der Waals surface area contributed by atoms with E-state index >= 15 is 0 Å². The van der Waals surface area contributed by atoms with Gasteiger partial charge in [0, 0.05) is 5.69 Å². The largest absolute Gasteiger partial charge is 0.467 e. The molecule has 0 radical (unpaired) electrons. The Morgan fingerprint density at radius 2 is 1.72 bits per heavy atom. The van der Waals surface area contributed by atoms with E-state index < -0.39 is 0 Å². The molecule has 0 aliphatic heterocycles. The highest BCUT2D eigenvalue weighted by molar-refractivity contribution is 5.47. The minimum atomic E-state index is 0.181. The van der Waals surface area contributed by atoms with E-state index in [9.17, 15) is 0 Å². The van der Waals surface area contributed by atoms with Crippen LogP contribution in [0.25, 0.3) is 0 Å². The highest BCUT2D eigenvalue weighted by Crippen LogP contribution is 2.25. The fourth-order valence-corrected chi connectivity index (χ4v) is 1.93. The predicted molar refractivity (Wildman–Crippen MR) is 75.9 cm³/mol. The fourth-order valence-electron chi connectivity index (χ4n) is 1.93. The number of anilines is 1. The fraction of sp³-hybridized carbons (Fsp3) is 0.375. The maximum Gasteiger partial charge on any atom is 0.125 e. The summed E-state index contributed by atoms with van der Waals surface area (Å²) in [4.78, 5) is 0. The average molecular weight is 243 g/mol. The zero-order valence-electron chi connectivity index (χ0n) is 11.5. The molecule has 2 rings (SSSR count). The lowest BCUT2D eigenvalue weighted by Crippen LogP contribution is -2.11. The lowest BCUT2D eigenvalue weighted by atomic mass is 9.87. The average Bonchev–Trinajstić information content (AvgIpc) is 2.82. The molecule has 2 heteroatoms. The summed E-state index contributed by atoms with van der Waals surface area (Å²) in [6, 6.07) is 12.7. The molecule has 1 unspecified atom stereocenters. The van der Waals surface area contributed by atoms with Crippen LogP contribution in [0.4, 0.5) is 5.69 Å². The number of hydrogen-bond acceptors (Lipinski definition) is 2. The first kappa shape index (κ1) is 12.7. The van der Waals surface area contributed by atoms with E-state index in [4.69, 9.17) is 4.42 Å². The smallest absolute Gasteiger partial charge is 0.125 e. The zero-order chi connectivity index (χ0) is 13.2. The molecule has 0 bridgehead atoms. The van der Waals surface area contributed by atoms with E-state index in [0.29, 0.717) is 0 Å². The van der Waals surface area contributed by atoms with Crippen molar-refractivity contribution in [3.8, 4) is 0 Å². The number of rotatable bonds is 3. The van der Waals surface area contributed by atoms with Gasteiger partial charge in [-0.05, 0) is 42.2 Å². The Labute approximate surface area is 109 Å². The minimum absolute atomic E-state index is 0.181. The first-order valence-corrected chi connectivity index (χ1v) is 6.37. The predicted octanol–water partition coefficient (Wildman–Crippen LogP) is 4.75. The Bertz CT molecular complexity index is 477. The van der Waals surface area contributed by atoms with Gasteiger partial charge in [-0.15, -0.1) is 0 Å². The molecular formula is C16H21NO. The van der Waals surface area contributed by atoms with Gasteiger partial charge >= 0.3 is 0 Å². The van der Waals surface area contributed by atoms with Gasteiger partial charge in [0.05, 0.1) is 12.3 Å². The summed E-state index contributed by atoms with van der Waals surface area (Å²) in [6.07, 6.45) is 1.70. The molecule has 1 N–H and O–H groups in total. The third-order valence-corrected chi connectivity index (χ3v) is 3.10. The third-order valence-electron chi connectivity index (χ3n) is 3.10. The molecular weight excluding hydrogens is 222 g/mol. The second kappa shape index (κ2) is 4.89. The summed E-state index contributed by atoms with van der Waals surface area (Å²) in [6.45, 7) is 8.76. The lowest BCUT2D eigenvalue weighted by Gasteiger charge is -2.20. The first-order valence-electron chi connectivity index (χ1n) is 6.37. The van der Waals surface area contributed by atoms with Crippen LogP contribution in [0, 0.1) is 0 Å². The number of furan rings is 1. The van der Waals surface area contributed by atoms with Gasteiger partial charge in [0.15, 0.2) is 0 Å². The number of hydrogen-bond donors (Lipinski definition) is 1. The Hall–Kier alpha value is -1.70. The van der Waals surface area contributed by atoms with E-state index in [-0.39, 0.29) is 11.5 Å². The zero-order valence-corrected chi connectivity index (χ0v) is 11.5. The Kier molecular flexibility index (Phi) is 3.46. The molecule has 0 spiro atoms. The van der Waals surface area contributed by atoms with Gasteiger partial charge in [0.1, 0.15) is 5.76 Å². The molecule has 0 aliphatic carbocycles. The maximum absolute atomic E-state index is 5.38. The number of nitrogens with one attached hydrogen (secondary N) is 1. The highest BCUT2D eigenvalue weighted by atomic mass is 16.3. The molecule has 2 aromatic rings. The van der Waals surface area contributed by atoms with Crippen molar-refractivity contribution in [3.05, 3.63) is 54.0 Å². The van der Waals surface area contributed by atoms with Gasteiger partial charge in [-0.25, -0.2) is 0 Å². The second-order valence-electron chi connectivity index (χ2n) is 5.71. The van der Waals surface area contributed by atoms with Gasteiger partial charge in [-0.2, -0.15) is 0 Å². The van der Waals surface area contributed by atoms with Crippen molar-refractivity contribution in [2.75, 3.05) is 5.32 Å². The van der Waals surface area contributed by atoms with E-state index in [1.807, 2.05) is 12.1 Å². The Morgan fingerprint density at radius 3 is 2.22 bits per heavy atom.